The van der Waals surface area contributed by atoms with Crippen molar-refractivity contribution in [1.29, 1.82) is 0 Å². The van der Waals surface area contributed by atoms with Crippen LogP contribution < -0.4 is 20.5 Å². The molecule has 0 radical (unpaired) electrons. The van der Waals surface area contributed by atoms with Crippen LogP contribution in [0.25, 0.3) is 0 Å². The second-order valence-electron chi connectivity index (χ2n) is 4.20. The first-order valence-electron chi connectivity index (χ1n) is 5.91. The van der Waals surface area contributed by atoms with Gasteiger partial charge >= 0.3 is 6.61 Å². The molecular formula is C11H16F3N3O3S. The quantitative estimate of drug-likeness (QED) is 0.495. The van der Waals surface area contributed by atoms with E-state index in [0.717, 1.165) is 18.4 Å². The molecule has 0 amide bonds. The van der Waals surface area contributed by atoms with Crippen LogP contribution in [0.5, 0.6) is 5.75 Å². The molecule has 10 heteroatoms. The van der Waals surface area contributed by atoms with Crippen LogP contribution in [0.1, 0.15) is 6.42 Å². The molecule has 1 aromatic carbocycles. The van der Waals surface area contributed by atoms with E-state index in [0.29, 0.717) is 13.0 Å². The van der Waals surface area contributed by atoms with E-state index in [4.69, 9.17) is 5.73 Å². The molecule has 4 N–H and O–H groups in total. The van der Waals surface area contributed by atoms with Gasteiger partial charge in [0, 0.05) is 25.2 Å². The molecule has 1 rings (SSSR count). The van der Waals surface area contributed by atoms with Gasteiger partial charge in [0.1, 0.15) is 0 Å². The summed E-state index contributed by atoms with van der Waals surface area (Å²) in [5.74, 6) is -1.60. The first-order chi connectivity index (χ1) is 9.69. The Labute approximate surface area is 120 Å². The summed E-state index contributed by atoms with van der Waals surface area (Å²) in [6, 6.07) is 1.90. The minimum absolute atomic E-state index is 0.0326. The van der Waals surface area contributed by atoms with E-state index in [1.54, 1.807) is 0 Å². The van der Waals surface area contributed by atoms with E-state index < -0.39 is 28.2 Å². The Morgan fingerprint density at radius 1 is 1.33 bits per heavy atom. The Morgan fingerprint density at radius 3 is 2.57 bits per heavy atom. The maximum absolute atomic E-state index is 13.3. The highest BCUT2D eigenvalue weighted by Crippen LogP contribution is 2.29. The largest absolute Gasteiger partial charge is 0.432 e. The minimum atomic E-state index is -3.26. The third-order valence-electron chi connectivity index (χ3n) is 2.35. The summed E-state index contributed by atoms with van der Waals surface area (Å²) in [5.41, 5.74) is 5.81. The van der Waals surface area contributed by atoms with Crippen LogP contribution in [0.15, 0.2) is 12.1 Å². The number of nitrogens with two attached hydrogens (primary N) is 1. The molecule has 0 atom stereocenters. The van der Waals surface area contributed by atoms with Gasteiger partial charge in [-0.15, -0.1) is 0 Å². The molecule has 0 saturated carbocycles. The number of rotatable bonds is 8. The van der Waals surface area contributed by atoms with Gasteiger partial charge in [0.15, 0.2) is 11.6 Å². The van der Waals surface area contributed by atoms with Crippen molar-refractivity contribution in [2.45, 2.75) is 13.0 Å². The minimum Gasteiger partial charge on any atom is -0.432 e. The smallest absolute Gasteiger partial charge is 0.387 e. The average Bonchev–Trinajstić information content (AvgIpc) is 2.32. The van der Waals surface area contributed by atoms with E-state index in [1.165, 1.54) is 0 Å². The SMILES string of the molecule is CS(=O)(=O)NCCCNc1cc(OC(F)F)c(F)cc1N. The number of halogens is 3. The second-order valence-corrected chi connectivity index (χ2v) is 6.03. The molecule has 0 aliphatic rings. The Balaban J connectivity index is 2.58. The molecule has 0 aliphatic heterocycles. The van der Waals surface area contributed by atoms with Gasteiger partial charge in [-0.05, 0) is 6.42 Å². The van der Waals surface area contributed by atoms with Gasteiger partial charge in [0.2, 0.25) is 10.0 Å². The van der Waals surface area contributed by atoms with Gasteiger partial charge in [0.25, 0.3) is 0 Å². The summed E-state index contributed by atoms with van der Waals surface area (Å²) < 4.78 is 65.5. The lowest BCUT2D eigenvalue weighted by molar-refractivity contribution is -0.0521. The lowest BCUT2D eigenvalue weighted by Crippen LogP contribution is -2.24. The molecule has 0 fully saturated rings. The number of hydrogen-bond acceptors (Lipinski definition) is 5. The van der Waals surface area contributed by atoms with Gasteiger partial charge in [-0.1, -0.05) is 0 Å². The van der Waals surface area contributed by atoms with Crippen molar-refractivity contribution >= 4 is 21.4 Å². The van der Waals surface area contributed by atoms with Crippen LogP contribution >= 0.6 is 0 Å². The third-order valence-corrected chi connectivity index (χ3v) is 3.08. The van der Waals surface area contributed by atoms with Gasteiger partial charge in [0.05, 0.1) is 17.6 Å². The molecule has 0 heterocycles. The predicted octanol–water partition coefficient (Wildman–Crippen LogP) is 1.36. The maximum Gasteiger partial charge on any atom is 0.387 e. The highest BCUT2D eigenvalue weighted by Gasteiger charge is 2.13. The summed E-state index contributed by atoms with van der Waals surface area (Å²) in [6.45, 7) is -2.63. The number of anilines is 2. The van der Waals surface area contributed by atoms with Crippen molar-refractivity contribution in [2.75, 3.05) is 30.4 Å². The number of nitrogens with one attached hydrogen (secondary N) is 2. The highest BCUT2D eigenvalue weighted by atomic mass is 32.2. The normalized spacial score (nSPS) is 11.7. The molecule has 0 bridgehead atoms. The summed E-state index contributed by atoms with van der Waals surface area (Å²) >= 11 is 0. The molecule has 0 aliphatic carbocycles. The summed E-state index contributed by atoms with van der Waals surface area (Å²) in [5, 5.41) is 2.79. The third kappa shape index (κ3) is 6.54. The number of ether oxygens (including phenoxy) is 1. The zero-order chi connectivity index (χ0) is 16.0. The molecule has 0 aromatic heterocycles. The second kappa shape index (κ2) is 7.36. The number of alkyl halides is 2. The predicted molar refractivity (Wildman–Crippen MR) is 73.4 cm³/mol. The van der Waals surface area contributed by atoms with Gasteiger partial charge < -0.3 is 15.8 Å². The number of hydrogen-bond donors (Lipinski definition) is 3. The Bertz CT molecular complexity index is 582. The van der Waals surface area contributed by atoms with E-state index in [9.17, 15) is 21.6 Å². The monoisotopic (exact) mass is 327 g/mol. The van der Waals surface area contributed by atoms with Crippen molar-refractivity contribution < 1.29 is 26.3 Å². The molecular weight excluding hydrogens is 311 g/mol. The fourth-order valence-corrected chi connectivity index (χ4v) is 1.99. The molecule has 6 nitrogen and oxygen atoms in total. The zero-order valence-electron chi connectivity index (χ0n) is 11.2. The summed E-state index contributed by atoms with van der Waals surface area (Å²) in [7, 11) is -3.26. The van der Waals surface area contributed by atoms with Gasteiger partial charge in [-0.25, -0.2) is 17.5 Å². The maximum atomic E-state index is 13.3. The van der Waals surface area contributed by atoms with E-state index in [-0.39, 0.29) is 17.9 Å². The summed E-state index contributed by atoms with van der Waals surface area (Å²) in [4.78, 5) is 0. The van der Waals surface area contributed by atoms with Crippen molar-refractivity contribution in [3.8, 4) is 5.75 Å². The van der Waals surface area contributed by atoms with E-state index in [1.807, 2.05) is 0 Å². The van der Waals surface area contributed by atoms with Crippen LogP contribution in [0, 0.1) is 5.82 Å². The number of nitrogen functional groups attached to an aromatic ring is 1. The molecule has 0 spiro atoms. The molecule has 0 unspecified atom stereocenters. The Morgan fingerprint density at radius 2 is 2.00 bits per heavy atom. The molecule has 1 aromatic rings. The fourth-order valence-electron chi connectivity index (χ4n) is 1.48. The first kappa shape index (κ1) is 17.4. The fraction of sp³-hybridized carbons (Fsp3) is 0.455. The standard InChI is InChI=1S/C11H16F3N3O3S/c1-21(18,19)17-4-2-3-16-9-6-10(20-11(13)14)7(12)5-8(9)15/h5-6,11,16-17H,2-4,15H2,1H3. The molecule has 120 valence electrons. The first-order valence-corrected chi connectivity index (χ1v) is 7.80. The Kier molecular flexibility index (Phi) is 6.09. The topological polar surface area (TPSA) is 93.5 Å². The van der Waals surface area contributed by atoms with Crippen LogP contribution in [-0.2, 0) is 10.0 Å². The van der Waals surface area contributed by atoms with Gasteiger partial charge in [-0.2, -0.15) is 8.78 Å². The van der Waals surface area contributed by atoms with Crippen LogP contribution in [-0.4, -0.2) is 34.4 Å². The van der Waals surface area contributed by atoms with Crippen LogP contribution in [0.4, 0.5) is 24.5 Å². The Hall–Kier alpha value is -1.68. The van der Waals surface area contributed by atoms with Crippen LogP contribution in [0.2, 0.25) is 0 Å². The van der Waals surface area contributed by atoms with Gasteiger partial charge in [-0.3, -0.25) is 0 Å². The van der Waals surface area contributed by atoms with Crippen molar-refractivity contribution in [2.24, 2.45) is 0 Å². The zero-order valence-corrected chi connectivity index (χ0v) is 12.0. The lowest BCUT2D eigenvalue weighted by Gasteiger charge is -2.12. The van der Waals surface area contributed by atoms with E-state index >= 15 is 0 Å². The van der Waals surface area contributed by atoms with Crippen LogP contribution in [0.3, 0.4) is 0 Å². The van der Waals surface area contributed by atoms with Crippen molar-refractivity contribution in [3.63, 3.8) is 0 Å². The number of sulfonamides is 1. The van der Waals surface area contributed by atoms with E-state index in [2.05, 4.69) is 14.8 Å². The highest BCUT2D eigenvalue weighted by molar-refractivity contribution is 7.88. The summed E-state index contributed by atoms with van der Waals surface area (Å²) in [6.07, 6.45) is 1.46. The molecule has 0 saturated heterocycles. The lowest BCUT2D eigenvalue weighted by atomic mass is 10.2. The average molecular weight is 327 g/mol. The van der Waals surface area contributed by atoms with Crippen molar-refractivity contribution in [1.82, 2.24) is 4.72 Å². The number of benzene rings is 1. The molecule has 21 heavy (non-hydrogen) atoms. The van der Waals surface area contributed by atoms with Crippen molar-refractivity contribution in [3.05, 3.63) is 17.9 Å².